The second kappa shape index (κ2) is 7.64. The lowest BCUT2D eigenvalue weighted by molar-refractivity contribution is 0.283. The van der Waals surface area contributed by atoms with Gasteiger partial charge in [0.05, 0.1) is 0 Å². The van der Waals surface area contributed by atoms with Gasteiger partial charge < -0.3 is 0 Å². The number of hydrogen-bond acceptors (Lipinski definition) is 0. The molecule has 0 nitrogen and oxygen atoms in total. The third-order valence-electron chi connectivity index (χ3n) is 3.60. The van der Waals surface area contributed by atoms with Crippen LogP contribution in [0.15, 0.2) is 22.7 Å². The fraction of sp³-hybridized carbons (Fsp3) is 0.600. The van der Waals surface area contributed by atoms with Crippen LogP contribution < -0.4 is 0 Å². The van der Waals surface area contributed by atoms with Gasteiger partial charge in [-0.25, -0.2) is 4.39 Å². The van der Waals surface area contributed by atoms with Crippen LogP contribution in [0.25, 0.3) is 0 Å². The molecule has 1 rings (SSSR count). The summed E-state index contributed by atoms with van der Waals surface area (Å²) in [5, 5.41) is 0.977. The first kappa shape index (κ1) is 16.2. The van der Waals surface area contributed by atoms with E-state index in [1.165, 1.54) is 25.3 Å². The number of unbranched alkanes of at least 4 members (excludes halogenated alkanes) is 1. The number of alkyl halides is 1. The van der Waals surface area contributed by atoms with Crippen LogP contribution in [0.5, 0.6) is 0 Å². The van der Waals surface area contributed by atoms with Crippen molar-refractivity contribution in [3.8, 4) is 0 Å². The fourth-order valence-corrected chi connectivity index (χ4v) is 3.68. The van der Waals surface area contributed by atoms with Crippen LogP contribution in [0, 0.1) is 11.2 Å². The van der Waals surface area contributed by atoms with E-state index in [0.717, 1.165) is 28.2 Å². The van der Waals surface area contributed by atoms with Crippen LogP contribution >= 0.6 is 31.9 Å². The number of benzene rings is 1. The minimum Gasteiger partial charge on any atom is -0.207 e. The van der Waals surface area contributed by atoms with Gasteiger partial charge in [-0.1, -0.05) is 58.5 Å². The number of halogens is 3. The SMILES string of the molecule is CCCCC(CC)(CBr)Cc1cc(F)cc(Br)c1. The van der Waals surface area contributed by atoms with E-state index in [-0.39, 0.29) is 11.2 Å². The lowest BCUT2D eigenvalue weighted by atomic mass is 9.77. The third-order valence-corrected chi connectivity index (χ3v) is 5.24. The predicted octanol–water partition coefficient (Wildman–Crippen LogP) is 6.11. The summed E-state index contributed by atoms with van der Waals surface area (Å²) in [5.41, 5.74) is 1.34. The summed E-state index contributed by atoms with van der Waals surface area (Å²) in [6.45, 7) is 4.44. The van der Waals surface area contributed by atoms with Gasteiger partial charge in [0.2, 0.25) is 0 Å². The van der Waals surface area contributed by atoms with Crippen LogP contribution in [-0.4, -0.2) is 5.33 Å². The van der Waals surface area contributed by atoms with Crippen LogP contribution in [0.4, 0.5) is 4.39 Å². The first-order valence-electron chi connectivity index (χ1n) is 6.56. The molecule has 1 atom stereocenters. The van der Waals surface area contributed by atoms with Crippen molar-refractivity contribution in [1.82, 2.24) is 0 Å². The topological polar surface area (TPSA) is 0 Å². The van der Waals surface area contributed by atoms with Crippen molar-refractivity contribution in [3.05, 3.63) is 34.1 Å². The van der Waals surface area contributed by atoms with E-state index >= 15 is 0 Å². The maximum Gasteiger partial charge on any atom is 0.124 e. The van der Waals surface area contributed by atoms with E-state index in [1.54, 1.807) is 6.07 Å². The van der Waals surface area contributed by atoms with Gasteiger partial charge in [0.1, 0.15) is 5.82 Å². The van der Waals surface area contributed by atoms with Crippen molar-refractivity contribution in [2.45, 2.75) is 46.0 Å². The van der Waals surface area contributed by atoms with E-state index in [2.05, 4.69) is 45.7 Å². The number of hydrogen-bond donors (Lipinski definition) is 0. The molecule has 0 N–H and O–H groups in total. The summed E-state index contributed by atoms with van der Waals surface area (Å²) in [6, 6.07) is 5.20. The average Bonchev–Trinajstić information content (AvgIpc) is 2.33. The maximum atomic E-state index is 13.4. The van der Waals surface area contributed by atoms with E-state index in [1.807, 2.05) is 6.07 Å². The molecule has 0 saturated carbocycles. The quantitative estimate of drug-likeness (QED) is 0.501. The molecule has 0 heterocycles. The summed E-state index contributed by atoms with van der Waals surface area (Å²) >= 11 is 7.02. The molecule has 0 aromatic heterocycles. The minimum atomic E-state index is -0.158. The van der Waals surface area contributed by atoms with Crippen LogP contribution in [0.2, 0.25) is 0 Å². The van der Waals surface area contributed by atoms with Crippen molar-refractivity contribution in [2.75, 3.05) is 5.33 Å². The van der Waals surface area contributed by atoms with Crippen LogP contribution in [0.1, 0.15) is 45.1 Å². The summed E-state index contributed by atoms with van der Waals surface area (Å²) in [7, 11) is 0. The Labute approximate surface area is 127 Å². The first-order valence-corrected chi connectivity index (χ1v) is 8.47. The van der Waals surface area contributed by atoms with Crippen molar-refractivity contribution in [1.29, 1.82) is 0 Å². The molecular weight excluding hydrogens is 359 g/mol. The minimum absolute atomic E-state index is 0.158. The summed E-state index contributed by atoms with van der Waals surface area (Å²) in [5.74, 6) is -0.158. The zero-order valence-corrected chi connectivity index (χ0v) is 14.3. The normalized spacial score (nSPS) is 14.5. The van der Waals surface area contributed by atoms with Crippen molar-refractivity contribution >= 4 is 31.9 Å². The molecule has 0 radical (unpaired) electrons. The zero-order valence-electron chi connectivity index (χ0n) is 11.1. The van der Waals surface area contributed by atoms with Gasteiger partial charge in [0, 0.05) is 9.80 Å². The molecule has 0 bridgehead atoms. The van der Waals surface area contributed by atoms with Gasteiger partial charge in [-0.15, -0.1) is 0 Å². The fourth-order valence-electron chi connectivity index (χ4n) is 2.30. The summed E-state index contributed by atoms with van der Waals surface area (Å²) in [6.07, 6.45) is 5.69. The zero-order chi connectivity index (χ0) is 13.6. The van der Waals surface area contributed by atoms with Gasteiger partial charge in [0.15, 0.2) is 0 Å². The molecule has 3 heteroatoms. The first-order chi connectivity index (χ1) is 8.55. The van der Waals surface area contributed by atoms with Gasteiger partial charge in [-0.3, -0.25) is 0 Å². The van der Waals surface area contributed by atoms with E-state index in [0.29, 0.717) is 0 Å². The summed E-state index contributed by atoms with van der Waals surface area (Å²) in [4.78, 5) is 0. The Morgan fingerprint density at radius 3 is 2.44 bits per heavy atom. The second-order valence-corrected chi connectivity index (χ2v) is 6.52. The van der Waals surface area contributed by atoms with Crippen molar-refractivity contribution in [3.63, 3.8) is 0 Å². The van der Waals surface area contributed by atoms with Crippen LogP contribution in [0.3, 0.4) is 0 Å². The molecule has 0 aliphatic heterocycles. The highest BCUT2D eigenvalue weighted by Crippen LogP contribution is 2.35. The molecule has 0 amide bonds. The smallest absolute Gasteiger partial charge is 0.124 e. The molecule has 0 fully saturated rings. The lowest BCUT2D eigenvalue weighted by Crippen LogP contribution is -2.25. The van der Waals surface area contributed by atoms with E-state index in [9.17, 15) is 4.39 Å². The Hall–Kier alpha value is 0.110. The Kier molecular flexibility index (Phi) is 6.86. The molecule has 102 valence electrons. The van der Waals surface area contributed by atoms with Crippen molar-refractivity contribution in [2.24, 2.45) is 5.41 Å². The molecule has 0 saturated heterocycles. The summed E-state index contributed by atoms with van der Waals surface area (Å²) < 4.78 is 14.2. The van der Waals surface area contributed by atoms with Crippen molar-refractivity contribution < 1.29 is 4.39 Å². The predicted molar refractivity (Wildman–Crippen MR) is 83.8 cm³/mol. The van der Waals surface area contributed by atoms with E-state index < -0.39 is 0 Å². The van der Waals surface area contributed by atoms with Gasteiger partial charge in [-0.2, -0.15) is 0 Å². The maximum absolute atomic E-state index is 13.4. The molecule has 0 aliphatic rings. The third kappa shape index (κ3) is 4.65. The second-order valence-electron chi connectivity index (χ2n) is 5.05. The standard InChI is InChI=1S/C15H21Br2F/c1-3-5-6-15(4-2,11-16)10-12-7-13(17)9-14(18)8-12/h7-9H,3-6,10-11H2,1-2H3. The van der Waals surface area contributed by atoms with Gasteiger partial charge in [0.25, 0.3) is 0 Å². The highest BCUT2D eigenvalue weighted by molar-refractivity contribution is 9.10. The molecular formula is C15H21Br2F. The monoisotopic (exact) mass is 378 g/mol. The Morgan fingerprint density at radius 2 is 1.94 bits per heavy atom. The highest BCUT2D eigenvalue weighted by atomic mass is 79.9. The van der Waals surface area contributed by atoms with Crippen LogP contribution in [-0.2, 0) is 6.42 Å². The molecule has 1 aromatic carbocycles. The Bertz CT molecular complexity index is 353. The molecule has 0 aliphatic carbocycles. The molecule has 1 aromatic rings. The molecule has 0 spiro atoms. The highest BCUT2D eigenvalue weighted by Gasteiger charge is 2.26. The average molecular weight is 380 g/mol. The van der Waals surface area contributed by atoms with Gasteiger partial charge >= 0.3 is 0 Å². The molecule has 18 heavy (non-hydrogen) atoms. The van der Waals surface area contributed by atoms with Gasteiger partial charge in [-0.05, 0) is 48.4 Å². The number of rotatable bonds is 7. The van der Waals surface area contributed by atoms with E-state index in [4.69, 9.17) is 0 Å². The molecule has 1 unspecified atom stereocenters. The largest absolute Gasteiger partial charge is 0.207 e. The lowest BCUT2D eigenvalue weighted by Gasteiger charge is -2.31. The Balaban J connectivity index is 2.88. The Morgan fingerprint density at radius 1 is 1.22 bits per heavy atom.